The van der Waals surface area contributed by atoms with E-state index in [0.29, 0.717) is 23.3 Å². The van der Waals surface area contributed by atoms with Gasteiger partial charge in [-0.15, -0.1) is 0 Å². The molecule has 1 aliphatic carbocycles. The molecule has 4 rings (SSSR count). The van der Waals surface area contributed by atoms with Gasteiger partial charge in [0.05, 0.1) is 0 Å². The summed E-state index contributed by atoms with van der Waals surface area (Å²) in [4.78, 5) is 32.9. The molecule has 0 radical (unpaired) electrons. The number of hydrogen-bond acceptors (Lipinski definition) is 4. The summed E-state index contributed by atoms with van der Waals surface area (Å²) in [5.74, 6) is 1.11. The second kappa shape index (κ2) is 10.4. The highest BCUT2D eigenvalue weighted by Gasteiger charge is 2.52. The van der Waals surface area contributed by atoms with Crippen molar-refractivity contribution in [3.63, 3.8) is 0 Å². The van der Waals surface area contributed by atoms with E-state index >= 15 is 0 Å². The van der Waals surface area contributed by atoms with Crippen molar-refractivity contribution in [3.05, 3.63) is 35.4 Å². The minimum absolute atomic E-state index is 0.189. The molecular weight excluding hydrogens is 450 g/mol. The average Bonchev–Trinajstić information content (AvgIpc) is 2.77. The molecule has 3 aliphatic rings. The molecule has 2 heterocycles. The smallest absolute Gasteiger partial charge is 0.410 e. The van der Waals surface area contributed by atoms with E-state index in [0.717, 1.165) is 58.4 Å². The molecule has 1 unspecified atom stereocenters. The van der Waals surface area contributed by atoms with Crippen LogP contribution in [0.15, 0.2) is 24.3 Å². The SMILES string of the molecule is CC(C)CN1CCN(C2CC3(CCN(C(=O)OC(C)(C)C)CC3)C2)C(c2ccccc2C(C)C)C1=O. The maximum absolute atomic E-state index is 13.9. The lowest BCUT2D eigenvalue weighted by molar-refractivity contribution is -0.150. The van der Waals surface area contributed by atoms with Crippen LogP contribution in [-0.4, -0.2) is 71.1 Å². The summed E-state index contributed by atoms with van der Waals surface area (Å²) in [5.41, 5.74) is 2.31. The average molecular weight is 498 g/mol. The first-order valence-corrected chi connectivity index (χ1v) is 14.0. The Morgan fingerprint density at radius 3 is 2.25 bits per heavy atom. The van der Waals surface area contributed by atoms with E-state index in [1.807, 2.05) is 25.7 Å². The Morgan fingerprint density at radius 2 is 1.67 bits per heavy atom. The highest BCUT2D eigenvalue weighted by Crippen LogP contribution is 2.53. The Balaban J connectivity index is 1.47. The van der Waals surface area contributed by atoms with E-state index in [1.165, 1.54) is 11.1 Å². The number of benzene rings is 1. The van der Waals surface area contributed by atoms with E-state index < -0.39 is 5.60 Å². The van der Waals surface area contributed by atoms with Crippen LogP contribution in [0.3, 0.4) is 0 Å². The molecule has 2 saturated heterocycles. The minimum Gasteiger partial charge on any atom is -0.444 e. The van der Waals surface area contributed by atoms with Gasteiger partial charge in [0.25, 0.3) is 0 Å². The van der Waals surface area contributed by atoms with Crippen molar-refractivity contribution in [3.8, 4) is 0 Å². The van der Waals surface area contributed by atoms with Crippen LogP contribution < -0.4 is 0 Å². The third kappa shape index (κ3) is 5.74. The van der Waals surface area contributed by atoms with Crippen LogP contribution in [0.25, 0.3) is 0 Å². The molecular formula is C30H47N3O3. The predicted molar refractivity (Wildman–Crippen MR) is 144 cm³/mol. The Morgan fingerprint density at radius 1 is 1.03 bits per heavy atom. The summed E-state index contributed by atoms with van der Waals surface area (Å²) in [7, 11) is 0. The van der Waals surface area contributed by atoms with Crippen molar-refractivity contribution >= 4 is 12.0 Å². The van der Waals surface area contributed by atoms with Crippen LogP contribution in [0.1, 0.15) is 97.2 Å². The van der Waals surface area contributed by atoms with E-state index in [4.69, 9.17) is 4.74 Å². The van der Waals surface area contributed by atoms with Crippen LogP contribution >= 0.6 is 0 Å². The topological polar surface area (TPSA) is 53.1 Å². The fourth-order valence-electron chi connectivity index (χ4n) is 6.48. The molecule has 0 N–H and O–H groups in total. The summed E-state index contributed by atoms with van der Waals surface area (Å²) in [5, 5.41) is 0. The standard InChI is InChI=1S/C30H47N3O3/c1-21(2)20-32-16-17-33(26(27(32)34)25-11-9-8-10-24(25)22(3)4)23-18-30(19-23)12-14-31(15-13-30)28(35)36-29(5,6)7/h8-11,21-23,26H,12-20H2,1-7H3. The number of carbonyl (C=O) groups is 2. The van der Waals surface area contributed by atoms with Crippen molar-refractivity contribution in [2.24, 2.45) is 11.3 Å². The second-order valence-corrected chi connectivity index (χ2v) is 13.1. The van der Waals surface area contributed by atoms with Crippen molar-refractivity contribution in [2.45, 2.75) is 97.8 Å². The number of carbonyl (C=O) groups excluding carboxylic acids is 2. The molecule has 0 bridgehead atoms. The first-order valence-electron chi connectivity index (χ1n) is 14.0. The van der Waals surface area contributed by atoms with Crippen LogP contribution in [0.5, 0.6) is 0 Å². The Kier molecular flexibility index (Phi) is 7.76. The van der Waals surface area contributed by atoms with Gasteiger partial charge >= 0.3 is 6.09 Å². The van der Waals surface area contributed by atoms with E-state index in [9.17, 15) is 9.59 Å². The van der Waals surface area contributed by atoms with Gasteiger partial charge in [-0.2, -0.15) is 0 Å². The third-order valence-electron chi connectivity index (χ3n) is 8.29. The molecule has 2 amide bonds. The highest BCUT2D eigenvalue weighted by atomic mass is 16.6. The summed E-state index contributed by atoms with van der Waals surface area (Å²) in [6.45, 7) is 18.7. The van der Waals surface area contributed by atoms with Gasteiger partial charge in [-0.25, -0.2) is 4.79 Å². The number of likely N-dealkylation sites (tertiary alicyclic amines) is 1. The lowest BCUT2D eigenvalue weighted by Crippen LogP contribution is -2.62. The maximum atomic E-state index is 13.9. The van der Waals surface area contributed by atoms with E-state index in [-0.39, 0.29) is 18.0 Å². The van der Waals surface area contributed by atoms with Crippen molar-refractivity contribution in [1.82, 2.24) is 14.7 Å². The number of ether oxygens (including phenoxy) is 1. The van der Waals surface area contributed by atoms with Gasteiger partial charge in [0.1, 0.15) is 11.6 Å². The zero-order valence-corrected chi connectivity index (χ0v) is 23.5. The van der Waals surface area contributed by atoms with E-state index in [2.05, 4.69) is 61.8 Å². The number of amides is 2. The molecule has 3 fully saturated rings. The Bertz CT molecular complexity index is 935. The van der Waals surface area contributed by atoms with Gasteiger partial charge in [-0.05, 0) is 74.8 Å². The van der Waals surface area contributed by atoms with Crippen molar-refractivity contribution in [1.29, 1.82) is 0 Å². The molecule has 0 aromatic heterocycles. The zero-order valence-electron chi connectivity index (χ0n) is 23.5. The minimum atomic E-state index is -0.459. The quantitative estimate of drug-likeness (QED) is 0.514. The molecule has 36 heavy (non-hydrogen) atoms. The first kappa shape index (κ1) is 27.0. The summed E-state index contributed by atoms with van der Waals surface area (Å²) >= 11 is 0. The largest absolute Gasteiger partial charge is 0.444 e. The lowest BCUT2D eigenvalue weighted by atomic mass is 9.59. The van der Waals surface area contributed by atoms with Gasteiger partial charge in [0.2, 0.25) is 5.91 Å². The van der Waals surface area contributed by atoms with Crippen LogP contribution in [-0.2, 0) is 9.53 Å². The molecule has 200 valence electrons. The number of piperazine rings is 1. The number of hydrogen-bond donors (Lipinski definition) is 0. The summed E-state index contributed by atoms with van der Waals surface area (Å²) < 4.78 is 5.59. The third-order valence-corrected chi connectivity index (χ3v) is 8.29. The fourth-order valence-corrected chi connectivity index (χ4v) is 6.48. The summed E-state index contributed by atoms with van der Waals surface area (Å²) in [6, 6.07) is 8.79. The van der Waals surface area contributed by atoms with Crippen molar-refractivity contribution in [2.75, 3.05) is 32.7 Å². The zero-order chi connectivity index (χ0) is 26.3. The monoisotopic (exact) mass is 497 g/mol. The maximum Gasteiger partial charge on any atom is 0.410 e. The number of rotatable bonds is 5. The Hall–Kier alpha value is -2.08. The van der Waals surface area contributed by atoms with Crippen LogP contribution in [0, 0.1) is 11.3 Å². The van der Waals surface area contributed by atoms with Gasteiger partial charge < -0.3 is 14.5 Å². The van der Waals surface area contributed by atoms with Gasteiger partial charge in [-0.3, -0.25) is 9.69 Å². The van der Waals surface area contributed by atoms with Gasteiger partial charge in [0, 0.05) is 38.8 Å². The van der Waals surface area contributed by atoms with Crippen LogP contribution in [0.4, 0.5) is 4.79 Å². The van der Waals surface area contributed by atoms with Gasteiger partial charge in [-0.1, -0.05) is 52.0 Å². The van der Waals surface area contributed by atoms with E-state index in [1.54, 1.807) is 0 Å². The number of piperidine rings is 1. The molecule has 1 spiro atoms. The molecule has 2 aliphatic heterocycles. The molecule has 6 nitrogen and oxygen atoms in total. The molecule has 1 atom stereocenters. The second-order valence-electron chi connectivity index (χ2n) is 13.1. The first-order chi connectivity index (χ1) is 16.9. The lowest BCUT2D eigenvalue weighted by Gasteiger charge is -2.57. The summed E-state index contributed by atoms with van der Waals surface area (Å²) in [6.07, 6.45) is 4.10. The Labute approximate surface area is 218 Å². The normalized spacial score (nSPS) is 23.5. The predicted octanol–water partition coefficient (Wildman–Crippen LogP) is 5.83. The number of nitrogens with zero attached hydrogens (tertiary/aromatic N) is 3. The molecule has 1 saturated carbocycles. The van der Waals surface area contributed by atoms with Gasteiger partial charge in [0.15, 0.2) is 0 Å². The fraction of sp³-hybridized carbons (Fsp3) is 0.733. The molecule has 1 aromatic carbocycles. The molecule has 6 heteroatoms. The van der Waals surface area contributed by atoms with Crippen LogP contribution in [0.2, 0.25) is 0 Å². The van der Waals surface area contributed by atoms with Crippen molar-refractivity contribution < 1.29 is 14.3 Å². The molecule has 1 aromatic rings. The highest BCUT2D eigenvalue weighted by molar-refractivity contribution is 5.84.